The Bertz CT molecular complexity index is 374. The van der Waals surface area contributed by atoms with E-state index in [1.165, 1.54) is 6.07 Å². The standard InChI is InChI=1S/C14H21FN2/c1-4-9-17(10-5-2)14-12(11(3)16)7-6-8-13(14)15/h4,6-8,11H,1,5,9-10,16H2,2-3H3/t11-/m0/s1. The quantitative estimate of drug-likeness (QED) is 0.768. The van der Waals surface area contributed by atoms with E-state index < -0.39 is 0 Å². The van der Waals surface area contributed by atoms with Gasteiger partial charge in [-0.05, 0) is 25.0 Å². The number of anilines is 1. The lowest BCUT2D eigenvalue weighted by atomic mass is 10.0. The van der Waals surface area contributed by atoms with E-state index in [1.807, 2.05) is 17.9 Å². The van der Waals surface area contributed by atoms with Crippen LogP contribution >= 0.6 is 0 Å². The summed E-state index contributed by atoms with van der Waals surface area (Å²) in [5, 5.41) is 0. The molecule has 3 heteroatoms. The molecule has 0 aromatic heterocycles. The second-order valence-electron chi connectivity index (χ2n) is 4.20. The fraction of sp³-hybridized carbons (Fsp3) is 0.429. The van der Waals surface area contributed by atoms with Crippen molar-refractivity contribution in [2.45, 2.75) is 26.3 Å². The first-order chi connectivity index (χ1) is 8.11. The number of hydrogen-bond acceptors (Lipinski definition) is 2. The highest BCUT2D eigenvalue weighted by Crippen LogP contribution is 2.28. The molecule has 2 nitrogen and oxygen atoms in total. The summed E-state index contributed by atoms with van der Waals surface area (Å²) in [7, 11) is 0. The number of nitrogens with zero attached hydrogens (tertiary/aromatic N) is 1. The molecule has 1 aromatic carbocycles. The van der Waals surface area contributed by atoms with Gasteiger partial charge in [0.25, 0.3) is 0 Å². The highest BCUT2D eigenvalue weighted by molar-refractivity contribution is 5.56. The molecule has 0 aliphatic carbocycles. The monoisotopic (exact) mass is 236 g/mol. The van der Waals surface area contributed by atoms with Crippen molar-refractivity contribution in [2.75, 3.05) is 18.0 Å². The molecule has 0 saturated heterocycles. The van der Waals surface area contributed by atoms with Gasteiger partial charge in [0.1, 0.15) is 5.82 Å². The molecule has 0 radical (unpaired) electrons. The van der Waals surface area contributed by atoms with Gasteiger partial charge in [-0.15, -0.1) is 6.58 Å². The molecule has 0 aliphatic heterocycles. The molecule has 0 unspecified atom stereocenters. The number of nitrogens with two attached hydrogens (primary N) is 1. The maximum atomic E-state index is 14.0. The zero-order valence-electron chi connectivity index (χ0n) is 10.6. The van der Waals surface area contributed by atoms with E-state index in [1.54, 1.807) is 12.1 Å². The number of para-hydroxylation sites is 1. The van der Waals surface area contributed by atoms with Crippen molar-refractivity contribution in [3.05, 3.63) is 42.2 Å². The van der Waals surface area contributed by atoms with Crippen molar-refractivity contribution in [2.24, 2.45) is 5.73 Å². The maximum Gasteiger partial charge on any atom is 0.146 e. The molecule has 0 fully saturated rings. The van der Waals surface area contributed by atoms with Gasteiger partial charge in [-0.25, -0.2) is 4.39 Å². The lowest BCUT2D eigenvalue weighted by Crippen LogP contribution is -2.27. The zero-order valence-corrected chi connectivity index (χ0v) is 10.6. The Kier molecular flexibility index (Phi) is 5.16. The first-order valence-electron chi connectivity index (χ1n) is 6.01. The van der Waals surface area contributed by atoms with E-state index in [4.69, 9.17) is 5.73 Å². The Morgan fingerprint density at radius 1 is 1.53 bits per heavy atom. The van der Waals surface area contributed by atoms with Crippen LogP contribution in [-0.4, -0.2) is 13.1 Å². The smallest absolute Gasteiger partial charge is 0.146 e. The Labute approximate surface area is 103 Å². The SMILES string of the molecule is C=CCN(CCC)c1c(F)cccc1[C@H](C)N. The minimum atomic E-state index is -0.213. The van der Waals surface area contributed by atoms with Gasteiger partial charge in [-0.2, -0.15) is 0 Å². The topological polar surface area (TPSA) is 29.3 Å². The van der Waals surface area contributed by atoms with Crippen molar-refractivity contribution in [3.63, 3.8) is 0 Å². The number of rotatable bonds is 6. The van der Waals surface area contributed by atoms with Gasteiger partial charge in [-0.1, -0.05) is 25.1 Å². The molecule has 0 bridgehead atoms. The van der Waals surface area contributed by atoms with E-state index in [-0.39, 0.29) is 11.9 Å². The third-order valence-electron chi connectivity index (χ3n) is 2.67. The molecule has 94 valence electrons. The van der Waals surface area contributed by atoms with Crippen LogP contribution < -0.4 is 10.6 Å². The van der Waals surface area contributed by atoms with Crippen LogP contribution in [0.1, 0.15) is 31.9 Å². The molecule has 0 heterocycles. The minimum Gasteiger partial charge on any atom is -0.365 e. The second-order valence-corrected chi connectivity index (χ2v) is 4.20. The molecule has 0 spiro atoms. The van der Waals surface area contributed by atoms with Gasteiger partial charge in [0, 0.05) is 19.1 Å². The molecular weight excluding hydrogens is 215 g/mol. The van der Waals surface area contributed by atoms with Gasteiger partial charge >= 0.3 is 0 Å². The van der Waals surface area contributed by atoms with Crippen LogP contribution in [0.15, 0.2) is 30.9 Å². The van der Waals surface area contributed by atoms with Crippen LogP contribution in [0.4, 0.5) is 10.1 Å². The third-order valence-corrected chi connectivity index (χ3v) is 2.67. The minimum absolute atomic E-state index is 0.176. The Morgan fingerprint density at radius 2 is 2.24 bits per heavy atom. The van der Waals surface area contributed by atoms with Gasteiger partial charge in [0.15, 0.2) is 0 Å². The number of halogens is 1. The second kappa shape index (κ2) is 6.40. The number of benzene rings is 1. The molecule has 17 heavy (non-hydrogen) atoms. The summed E-state index contributed by atoms with van der Waals surface area (Å²) in [4.78, 5) is 1.99. The molecule has 0 amide bonds. The van der Waals surface area contributed by atoms with Crippen LogP contribution in [0.3, 0.4) is 0 Å². The van der Waals surface area contributed by atoms with Crippen molar-refractivity contribution in [1.82, 2.24) is 0 Å². The van der Waals surface area contributed by atoms with Crippen LogP contribution in [-0.2, 0) is 0 Å². The predicted molar refractivity (Wildman–Crippen MR) is 71.7 cm³/mol. The molecule has 1 rings (SSSR count). The van der Waals surface area contributed by atoms with Crippen molar-refractivity contribution in [1.29, 1.82) is 0 Å². The maximum absolute atomic E-state index is 14.0. The average molecular weight is 236 g/mol. The largest absolute Gasteiger partial charge is 0.365 e. The summed E-state index contributed by atoms with van der Waals surface area (Å²) >= 11 is 0. The van der Waals surface area contributed by atoms with E-state index in [0.717, 1.165) is 18.5 Å². The molecular formula is C14H21FN2. The summed E-state index contributed by atoms with van der Waals surface area (Å²) in [5.41, 5.74) is 7.36. The van der Waals surface area contributed by atoms with Gasteiger partial charge in [-0.3, -0.25) is 0 Å². The highest BCUT2D eigenvalue weighted by atomic mass is 19.1. The average Bonchev–Trinajstić information content (AvgIpc) is 2.28. The van der Waals surface area contributed by atoms with Gasteiger partial charge < -0.3 is 10.6 Å². The van der Waals surface area contributed by atoms with E-state index in [0.29, 0.717) is 12.2 Å². The fourth-order valence-corrected chi connectivity index (χ4v) is 1.95. The zero-order chi connectivity index (χ0) is 12.8. The normalized spacial score (nSPS) is 12.2. The molecule has 0 aliphatic rings. The summed E-state index contributed by atoms with van der Waals surface area (Å²) < 4.78 is 14.0. The van der Waals surface area contributed by atoms with E-state index in [2.05, 4.69) is 13.5 Å². The molecule has 2 N–H and O–H groups in total. The number of hydrogen-bond donors (Lipinski definition) is 1. The van der Waals surface area contributed by atoms with Crippen molar-refractivity contribution < 1.29 is 4.39 Å². The molecule has 1 aromatic rings. The summed E-state index contributed by atoms with van der Waals surface area (Å²) in [6.07, 6.45) is 2.74. The fourth-order valence-electron chi connectivity index (χ4n) is 1.95. The van der Waals surface area contributed by atoms with E-state index >= 15 is 0 Å². The van der Waals surface area contributed by atoms with Crippen LogP contribution in [0.25, 0.3) is 0 Å². The highest BCUT2D eigenvalue weighted by Gasteiger charge is 2.16. The lowest BCUT2D eigenvalue weighted by molar-refractivity contribution is 0.612. The first-order valence-corrected chi connectivity index (χ1v) is 6.01. The van der Waals surface area contributed by atoms with Gasteiger partial charge in [0.05, 0.1) is 5.69 Å². The summed E-state index contributed by atoms with van der Waals surface area (Å²) in [5.74, 6) is -0.213. The van der Waals surface area contributed by atoms with Crippen molar-refractivity contribution in [3.8, 4) is 0 Å². The van der Waals surface area contributed by atoms with Crippen molar-refractivity contribution >= 4 is 5.69 Å². The van der Waals surface area contributed by atoms with E-state index in [9.17, 15) is 4.39 Å². The first kappa shape index (κ1) is 13.7. The van der Waals surface area contributed by atoms with Crippen LogP contribution in [0.2, 0.25) is 0 Å². The third kappa shape index (κ3) is 3.30. The summed E-state index contributed by atoms with van der Waals surface area (Å²) in [6.45, 7) is 9.09. The van der Waals surface area contributed by atoms with Crippen LogP contribution in [0.5, 0.6) is 0 Å². The van der Waals surface area contributed by atoms with Gasteiger partial charge in [0.2, 0.25) is 0 Å². The molecule has 0 saturated carbocycles. The predicted octanol–water partition coefficient (Wildman–Crippen LogP) is 3.25. The van der Waals surface area contributed by atoms with Crippen LogP contribution in [0, 0.1) is 5.82 Å². The Hall–Kier alpha value is -1.35. The Balaban J connectivity index is 3.19. The lowest BCUT2D eigenvalue weighted by Gasteiger charge is -2.27. The summed E-state index contributed by atoms with van der Waals surface area (Å²) in [6, 6.07) is 4.89. The Morgan fingerprint density at radius 3 is 2.76 bits per heavy atom. The molecule has 1 atom stereocenters.